The monoisotopic (exact) mass is 417 g/mol. The second-order valence-electron chi connectivity index (χ2n) is 6.26. The van der Waals surface area contributed by atoms with Crippen molar-refractivity contribution in [3.63, 3.8) is 0 Å². The van der Waals surface area contributed by atoms with Crippen LogP contribution in [0.15, 0.2) is 48.7 Å². The number of anilines is 1. The van der Waals surface area contributed by atoms with Gasteiger partial charge in [-0.2, -0.15) is 8.78 Å². The van der Waals surface area contributed by atoms with Crippen LogP contribution in [-0.4, -0.2) is 58.8 Å². The second kappa shape index (κ2) is 8.48. The van der Waals surface area contributed by atoms with Crippen LogP contribution in [0, 0.1) is 0 Å². The number of amides is 1. The Bertz CT molecular complexity index is 977. The van der Waals surface area contributed by atoms with Crippen LogP contribution in [-0.2, 0) is 0 Å². The number of carbonyl (C=O) groups excluding carboxylic acids is 1. The molecule has 0 bridgehead atoms. The van der Waals surface area contributed by atoms with Crippen LogP contribution >= 0.6 is 11.3 Å². The SMILES string of the molecule is O=C(c1ccccc1OC(F)F)N1CCN(c2nnc(-c3ccccn3)s2)CC1. The molecule has 1 saturated heterocycles. The third-order valence-corrected chi connectivity index (χ3v) is 5.48. The lowest BCUT2D eigenvalue weighted by Gasteiger charge is -2.34. The van der Waals surface area contributed by atoms with Crippen molar-refractivity contribution >= 4 is 22.4 Å². The first kappa shape index (κ1) is 19.2. The molecule has 0 radical (unpaired) electrons. The molecule has 1 aromatic carbocycles. The lowest BCUT2D eigenvalue weighted by Crippen LogP contribution is -2.48. The summed E-state index contributed by atoms with van der Waals surface area (Å²) in [4.78, 5) is 20.7. The molecule has 29 heavy (non-hydrogen) atoms. The molecule has 7 nitrogen and oxygen atoms in total. The minimum atomic E-state index is -2.98. The van der Waals surface area contributed by atoms with Crippen LogP contribution in [0.2, 0.25) is 0 Å². The quantitative estimate of drug-likeness (QED) is 0.635. The number of halogens is 2. The van der Waals surface area contributed by atoms with Gasteiger partial charge >= 0.3 is 6.61 Å². The smallest absolute Gasteiger partial charge is 0.387 e. The van der Waals surface area contributed by atoms with E-state index in [1.54, 1.807) is 23.2 Å². The summed E-state index contributed by atoms with van der Waals surface area (Å²) in [6, 6.07) is 11.7. The average molecular weight is 417 g/mol. The number of nitrogens with zero attached hydrogens (tertiary/aromatic N) is 5. The average Bonchev–Trinajstić information content (AvgIpc) is 3.24. The molecule has 150 valence electrons. The van der Waals surface area contributed by atoms with Crippen LogP contribution in [0.5, 0.6) is 5.75 Å². The molecule has 2 aromatic heterocycles. The van der Waals surface area contributed by atoms with Crippen molar-refractivity contribution in [2.75, 3.05) is 31.1 Å². The van der Waals surface area contributed by atoms with Crippen LogP contribution in [0.4, 0.5) is 13.9 Å². The number of alkyl halides is 2. The molecule has 3 heterocycles. The summed E-state index contributed by atoms with van der Waals surface area (Å²) in [5.74, 6) is -0.439. The Labute approximate surface area is 169 Å². The van der Waals surface area contributed by atoms with E-state index >= 15 is 0 Å². The molecular formula is C19H17F2N5O2S. The molecule has 0 spiro atoms. The van der Waals surface area contributed by atoms with E-state index in [4.69, 9.17) is 0 Å². The largest absolute Gasteiger partial charge is 0.434 e. The first-order valence-corrected chi connectivity index (χ1v) is 9.76. The van der Waals surface area contributed by atoms with E-state index in [2.05, 4.69) is 24.8 Å². The van der Waals surface area contributed by atoms with Gasteiger partial charge in [-0.15, -0.1) is 10.2 Å². The van der Waals surface area contributed by atoms with Crippen molar-refractivity contribution in [1.29, 1.82) is 0 Å². The van der Waals surface area contributed by atoms with E-state index in [-0.39, 0.29) is 17.2 Å². The summed E-state index contributed by atoms with van der Waals surface area (Å²) in [7, 11) is 0. The summed E-state index contributed by atoms with van der Waals surface area (Å²) in [6.07, 6.45) is 1.70. The summed E-state index contributed by atoms with van der Waals surface area (Å²) in [6.45, 7) is -0.951. The van der Waals surface area contributed by atoms with Gasteiger partial charge in [0.05, 0.1) is 5.56 Å². The molecule has 0 saturated carbocycles. The van der Waals surface area contributed by atoms with Crippen molar-refractivity contribution < 1.29 is 18.3 Å². The summed E-state index contributed by atoms with van der Waals surface area (Å²) < 4.78 is 29.7. The number of ether oxygens (including phenoxy) is 1. The number of piperazine rings is 1. The maximum atomic E-state index is 12.8. The molecule has 10 heteroatoms. The highest BCUT2D eigenvalue weighted by Crippen LogP contribution is 2.28. The fourth-order valence-electron chi connectivity index (χ4n) is 3.05. The predicted molar refractivity (Wildman–Crippen MR) is 104 cm³/mol. The summed E-state index contributed by atoms with van der Waals surface area (Å²) in [5.41, 5.74) is 0.898. The van der Waals surface area contributed by atoms with E-state index < -0.39 is 6.61 Å². The standard InChI is InChI=1S/C19H17F2N5O2S/c20-18(21)28-15-7-2-1-5-13(15)17(27)25-9-11-26(12-10-25)19-24-23-16(29-19)14-6-3-4-8-22-14/h1-8,18H,9-12H2. The van der Waals surface area contributed by atoms with Crippen molar-refractivity contribution in [3.8, 4) is 16.5 Å². The lowest BCUT2D eigenvalue weighted by molar-refractivity contribution is -0.0502. The molecule has 1 fully saturated rings. The van der Waals surface area contributed by atoms with Crippen molar-refractivity contribution in [1.82, 2.24) is 20.1 Å². The van der Waals surface area contributed by atoms with E-state index in [0.29, 0.717) is 26.2 Å². The number of pyridine rings is 1. The van der Waals surface area contributed by atoms with Gasteiger partial charge in [-0.1, -0.05) is 29.5 Å². The third-order valence-electron chi connectivity index (χ3n) is 4.47. The van der Waals surface area contributed by atoms with Gasteiger partial charge in [-0.25, -0.2) is 0 Å². The Morgan fingerprint density at radius 1 is 1.03 bits per heavy atom. The Balaban J connectivity index is 1.41. The highest BCUT2D eigenvalue weighted by Gasteiger charge is 2.26. The first-order valence-electron chi connectivity index (χ1n) is 8.95. The molecule has 1 aliphatic heterocycles. The Morgan fingerprint density at radius 3 is 2.52 bits per heavy atom. The normalized spacial score (nSPS) is 14.3. The van der Waals surface area contributed by atoms with Crippen molar-refractivity contribution in [2.24, 2.45) is 0 Å². The maximum Gasteiger partial charge on any atom is 0.387 e. The minimum absolute atomic E-state index is 0.112. The Kier molecular flexibility index (Phi) is 5.61. The van der Waals surface area contributed by atoms with Crippen LogP contribution < -0.4 is 9.64 Å². The van der Waals surface area contributed by atoms with Crippen molar-refractivity contribution in [2.45, 2.75) is 6.61 Å². The minimum Gasteiger partial charge on any atom is -0.434 e. The van der Waals surface area contributed by atoms with Gasteiger partial charge in [0.2, 0.25) is 5.13 Å². The molecule has 0 aliphatic carbocycles. The number of aromatic nitrogens is 3. The van der Waals surface area contributed by atoms with Gasteiger partial charge in [0.1, 0.15) is 11.4 Å². The van der Waals surface area contributed by atoms with Crippen LogP contribution in [0.1, 0.15) is 10.4 Å². The zero-order valence-electron chi connectivity index (χ0n) is 15.2. The lowest BCUT2D eigenvalue weighted by atomic mass is 10.1. The molecule has 1 amide bonds. The third kappa shape index (κ3) is 4.32. The molecule has 1 aliphatic rings. The molecule has 0 unspecified atom stereocenters. The number of hydrogen-bond acceptors (Lipinski definition) is 7. The van der Waals surface area contributed by atoms with Gasteiger partial charge in [-0.3, -0.25) is 9.78 Å². The van der Waals surface area contributed by atoms with Gasteiger partial charge in [-0.05, 0) is 24.3 Å². The summed E-state index contributed by atoms with van der Waals surface area (Å²) in [5, 5.41) is 9.93. The number of carbonyl (C=O) groups is 1. The number of para-hydroxylation sites is 1. The van der Waals surface area contributed by atoms with Crippen LogP contribution in [0.25, 0.3) is 10.7 Å². The molecule has 0 N–H and O–H groups in total. The fourth-order valence-corrected chi connectivity index (χ4v) is 3.92. The zero-order chi connectivity index (χ0) is 20.2. The number of rotatable bonds is 5. The first-order chi connectivity index (χ1) is 14.1. The van der Waals surface area contributed by atoms with Gasteiger partial charge in [0.15, 0.2) is 5.01 Å². The zero-order valence-corrected chi connectivity index (χ0v) is 16.1. The fraction of sp³-hybridized carbons (Fsp3) is 0.263. The van der Waals surface area contributed by atoms with E-state index in [0.717, 1.165) is 15.8 Å². The van der Waals surface area contributed by atoms with Gasteiger partial charge < -0.3 is 14.5 Å². The number of hydrogen-bond donors (Lipinski definition) is 0. The van der Waals surface area contributed by atoms with E-state index in [1.165, 1.54) is 23.5 Å². The maximum absolute atomic E-state index is 12.8. The second-order valence-corrected chi connectivity index (χ2v) is 7.21. The number of benzene rings is 1. The Morgan fingerprint density at radius 2 is 1.79 bits per heavy atom. The molecule has 0 atom stereocenters. The summed E-state index contributed by atoms with van der Waals surface area (Å²) >= 11 is 1.44. The molecule has 3 aromatic rings. The van der Waals surface area contributed by atoms with Crippen molar-refractivity contribution in [3.05, 3.63) is 54.2 Å². The topological polar surface area (TPSA) is 71.5 Å². The molecule has 4 rings (SSSR count). The van der Waals surface area contributed by atoms with E-state index in [9.17, 15) is 13.6 Å². The Hall–Kier alpha value is -3.14. The molecular weight excluding hydrogens is 400 g/mol. The van der Waals surface area contributed by atoms with E-state index in [1.807, 2.05) is 18.2 Å². The highest BCUT2D eigenvalue weighted by molar-refractivity contribution is 7.18. The van der Waals surface area contributed by atoms with Gasteiger partial charge in [0, 0.05) is 32.4 Å². The highest BCUT2D eigenvalue weighted by atomic mass is 32.1. The van der Waals surface area contributed by atoms with Crippen LogP contribution in [0.3, 0.4) is 0 Å². The van der Waals surface area contributed by atoms with Gasteiger partial charge in [0.25, 0.3) is 5.91 Å². The predicted octanol–water partition coefficient (Wildman–Crippen LogP) is 3.16.